The van der Waals surface area contributed by atoms with Crippen LogP contribution in [0.15, 0.2) is 48.8 Å². The number of hydrogen-bond donors (Lipinski definition) is 2. The molecule has 0 aliphatic heterocycles. The molecule has 2 heterocycles. The van der Waals surface area contributed by atoms with Crippen molar-refractivity contribution in [2.24, 2.45) is 5.73 Å². The van der Waals surface area contributed by atoms with E-state index in [1.165, 1.54) is 25.6 Å². The number of carbonyl (C=O) groups is 1. The van der Waals surface area contributed by atoms with Gasteiger partial charge in [0.15, 0.2) is 0 Å². The fourth-order valence-electron chi connectivity index (χ4n) is 2.79. The molecule has 0 saturated heterocycles. The van der Waals surface area contributed by atoms with Gasteiger partial charge >= 0.3 is 0 Å². The fourth-order valence-corrected chi connectivity index (χ4v) is 2.79. The van der Waals surface area contributed by atoms with E-state index in [1.54, 1.807) is 31.2 Å². The van der Waals surface area contributed by atoms with Gasteiger partial charge in [-0.2, -0.15) is 4.39 Å². The second-order valence-corrected chi connectivity index (χ2v) is 5.72. The van der Waals surface area contributed by atoms with Crippen molar-refractivity contribution < 1.29 is 18.7 Å². The molecule has 144 valence electrons. The molecule has 1 aromatic carbocycles. The summed E-state index contributed by atoms with van der Waals surface area (Å²) in [4.78, 5) is 19.7. The van der Waals surface area contributed by atoms with Crippen LogP contribution in [0, 0.1) is 5.95 Å². The lowest BCUT2D eigenvalue weighted by Gasteiger charge is -2.17. The van der Waals surface area contributed by atoms with Crippen LogP contribution in [0.3, 0.4) is 0 Å². The molecule has 0 unspecified atom stereocenters. The van der Waals surface area contributed by atoms with Crippen LogP contribution in [0.1, 0.15) is 17.3 Å². The van der Waals surface area contributed by atoms with Crippen molar-refractivity contribution in [2.75, 3.05) is 19.0 Å². The van der Waals surface area contributed by atoms with Crippen LogP contribution in [0.4, 0.5) is 15.8 Å². The molecule has 0 fully saturated rings. The number of nitrogens with two attached hydrogens (primary N) is 1. The van der Waals surface area contributed by atoms with Crippen LogP contribution in [-0.2, 0) is 0 Å². The van der Waals surface area contributed by atoms with Gasteiger partial charge in [-0.25, -0.2) is 9.97 Å². The summed E-state index contributed by atoms with van der Waals surface area (Å²) in [5.74, 6) is -0.584. The van der Waals surface area contributed by atoms with E-state index in [1.807, 2.05) is 6.07 Å². The van der Waals surface area contributed by atoms with Crippen LogP contribution >= 0.6 is 0 Å². The highest BCUT2D eigenvalue weighted by Gasteiger charge is 2.19. The molecule has 1 amide bonds. The van der Waals surface area contributed by atoms with Crippen LogP contribution in [0.2, 0.25) is 0 Å². The first-order valence-electron chi connectivity index (χ1n) is 8.52. The van der Waals surface area contributed by atoms with Gasteiger partial charge in [-0.1, -0.05) is 12.1 Å². The Hall–Kier alpha value is -3.68. The number of para-hydroxylation sites is 1. The summed E-state index contributed by atoms with van der Waals surface area (Å²) < 4.78 is 24.1. The summed E-state index contributed by atoms with van der Waals surface area (Å²) >= 11 is 0. The van der Waals surface area contributed by atoms with Crippen molar-refractivity contribution in [2.45, 2.75) is 6.92 Å². The molecule has 0 atom stereocenters. The number of halogens is 1. The number of pyridine rings is 2. The second kappa shape index (κ2) is 8.34. The lowest BCUT2D eigenvalue weighted by molar-refractivity contribution is 0.0996. The van der Waals surface area contributed by atoms with Crippen LogP contribution in [-0.4, -0.2) is 29.6 Å². The maximum atomic E-state index is 13.2. The van der Waals surface area contributed by atoms with Gasteiger partial charge in [-0.05, 0) is 31.2 Å². The molecule has 0 radical (unpaired) electrons. The number of methoxy groups -OCH3 is 1. The summed E-state index contributed by atoms with van der Waals surface area (Å²) in [6.45, 7) is 2.13. The minimum atomic E-state index is -0.670. The molecular formula is C20H19FN4O3. The quantitative estimate of drug-likeness (QED) is 0.607. The van der Waals surface area contributed by atoms with Crippen molar-refractivity contribution in [1.82, 2.24) is 9.97 Å². The Morgan fingerprint density at radius 3 is 2.64 bits per heavy atom. The lowest BCUT2D eigenvalue weighted by atomic mass is 10.0. The Kier molecular flexibility index (Phi) is 5.69. The maximum absolute atomic E-state index is 13.2. The molecule has 7 nitrogen and oxygen atoms in total. The summed E-state index contributed by atoms with van der Waals surface area (Å²) in [6, 6.07) is 9.92. The van der Waals surface area contributed by atoms with Crippen molar-refractivity contribution in [1.29, 1.82) is 0 Å². The van der Waals surface area contributed by atoms with Gasteiger partial charge in [0.05, 0.1) is 25.1 Å². The minimum absolute atomic E-state index is 0.139. The zero-order chi connectivity index (χ0) is 20.1. The smallest absolute Gasteiger partial charge is 0.256 e. The van der Waals surface area contributed by atoms with Crippen LogP contribution < -0.4 is 20.5 Å². The highest BCUT2D eigenvalue weighted by molar-refractivity contribution is 6.01. The van der Waals surface area contributed by atoms with E-state index in [0.717, 1.165) is 0 Å². The Morgan fingerprint density at radius 1 is 1.18 bits per heavy atom. The van der Waals surface area contributed by atoms with Gasteiger partial charge in [-0.3, -0.25) is 4.79 Å². The zero-order valence-corrected chi connectivity index (χ0v) is 15.4. The lowest BCUT2D eigenvalue weighted by Crippen LogP contribution is -2.16. The number of hydrogen-bond acceptors (Lipinski definition) is 6. The molecule has 3 N–H and O–H groups in total. The molecule has 3 rings (SSSR count). The predicted molar refractivity (Wildman–Crippen MR) is 103 cm³/mol. The molecule has 3 aromatic rings. The number of primary amides is 1. The van der Waals surface area contributed by atoms with Gasteiger partial charge in [-0.15, -0.1) is 0 Å². The molecule has 0 bridgehead atoms. The van der Waals surface area contributed by atoms with E-state index in [-0.39, 0.29) is 11.4 Å². The van der Waals surface area contributed by atoms with Gasteiger partial charge in [0.25, 0.3) is 5.91 Å². The van der Waals surface area contributed by atoms with Gasteiger partial charge < -0.3 is 20.5 Å². The van der Waals surface area contributed by atoms with E-state index < -0.39 is 11.9 Å². The summed E-state index contributed by atoms with van der Waals surface area (Å²) in [5.41, 5.74) is 8.07. The Balaban J connectivity index is 2.06. The standard InChI is InChI=1S/C20H19FN4O3/c1-3-28-20-17(19(22)26)14(9-10-23-20)25-15-6-4-5-13(18(15)27-2)12-7-8-16(21)24-11-12/h4-11H,3H2,1-2H3,(H2,22,26)(H,23,25). The monoisotopic (exact) mass is 382 g/mol. The molecule has 0 aliphatic carbocycles. The largest absolute Gasteiger partial charge is 0.494 e. The molecule has 2 aromatic heterocycles. The van der Waals surface area contributed by atoms with E-state index in [2.05, 4.69) is 15.3 Å². The molecule has 28 heavy (non-hydrogen) atoms. The first kappa shape index (κ1) is 19.1. The average Bonchev–Trinajstić information content (AvgIpc) is 2.68. The van der Waals surface area contributed by atoms with E-state index >= 15 is 0 Å². The number of benzene rings is 1. The van der Waals surface area contributed by atoms with Crippen LogP contribution in [0.25, 0.3) is 11.1 Å². The van der Waals surface area contributed by atoms with E-state index in [0.29, 0.717) is 34.9 Å². The third-order valence-electron chi connectivity index (χ3n) is 3.97. The highest BCUT2D eigenvalue weighted by atomic mass is 19.1. The molecule has 0 spiro atoms. The number of nitrogens with zero attached hydrogens (tertiary/aromatic N) is 2. The van der Waals surface area contributed by atoms with Gasteiger partial charge in [0.2, 0.25) is 11.8 Å². The van der Waals surface area contributed by atoms with Crippen molar-refractivity contribution in [3.8, 4) is 22.8 Å². The number of amides is 1. The second-order valence-electron chi connectivity index (χ2n) is 5.72. The number of aromatic nitrogens is 2. The zero-order valence-electron chi connectivity index (χ0n) is 15.4. The number of ether oxygens (including phenoxy) is 2. The molecular weight excluding hydrogens is 363 g/mol. The van der Waals surface area contributed by atoms with Crippen molar-refractivity contribution >= 4 is 17.3 Å². The van der Waals surface area contributed by atoms with Crippen LogP contribution in [0.5, 0.6) is 11.6 Å². The maximum Gasteiger partial charge on any atom is 0.256 e. The Morgan fingerprint density at radius 2 is 2.00 bits per heavy atom. The minimum Gasteiger partial charge on any atom is -0.494 e. The molecule has 0 saturated carbocycles. The topological polar surface area (TPSA) is 99.4 Å². The summed E-state index contributed by atoms with van der Waals surface area (Å²) in [5, 5.41) is 3.15. The summed E-state index contributed by atoms with van der Waals surface area (Å²) in [6.07, 6.45) is 2.94. The normalized spacial score (nSPS) is 10.4. The number of rotatable bonds is 7. The predicted octanol–water partition coefficient (Wildman–Crippen LogP) is 3.53. The Labute approximate surface area is 161 Å². The molecule has 0 aliphatic rings. The van der Waals surface area contributed by atoms with E-state index in [9.17, 15) is 9.18 Å². The average molecular weight is 382 g/mol. The fraction of sp³-hybridized carbons (Fsp3) is 0.150. The first-order chi connectivity index (χ1) is 13.5. The first-order valence-corrected chi connectivity index (χ1v) is 8.52. The Bertz CT molecular complexity index is 993. The number of nitrogens with one attached hydrogen (secondary N) is 1. The highest BCUT2D eigenvalue weighted by Crippen LogP contribution is 2.38. The van der Waals surface area contributed by atoms with Crippen molar-refractivity contribution in [3.63, 3.8) is 0 Å². The molecule has 8 heteroatoms. The van der Waals surface area contributed by atoms with Gasteiger partial charge in [0, 0.05) is 23.5 Å². The number of carbonyl (C=O) groups excluding carboxylic acids is 1. The third-order valence-corrected chi connectivity index (χ3v) is 3.97. The van der Waals surface area contributed by atoms with Gasteiger partial charge in [0.1, 0.15) is 11.3 Å². The van der Waals surface area contributed by atoms with E-state index in [4.69, 9.17) is 15.2 Å². The van der Waals surface area contributed by atoms with Crippen molar-refractivity contribution in [3.05, 3.63) is 60.3 Å². The SMILES string of the molecule is CCOc1nccc(Nc2cccc(-c3ccc(F)nc3)c2OC)c1C(N)=O. The number of anilines is 2. The third kappa shape index (κ3) is 3.85. The summed E-state index contributed by atoms with van der Waals surface area (Å²) in [7, 11) is 1.52.